The summed E-state index contributed by atoms with van der Waals surface area (Å²) in [6.07, 6.45) is 1.65. The van der Waals surface area contributed by atoms with Crippen LogP contribution in [-0.2, 0) is 0 Å². The number of para-hydroxylation sites is 1. The summed E-state index contributed by atoms with van der Waals surface area (Å²) in [6.45, 7) is 3.90. The van der Waals surface area contributed by atoms with Crippen LogP contribution in [0.2, 0.25) is 0 Å². The zero-order valence-electron chi connectivity index (χ0n) is 13.4. The second kappa shape index (κ2) is 7.98. The number of carbonyl (C=O) groups is 1. The molecule has 1 N–H and O–H groups in total. The topological polar surface area (TPSA) is 59.9 Å². The monoisotopic (exact) mass is 312 g/mol. The molecule has 0 aromatic heterocycles. The van der Waals surface area contributed by atoms with Gasteiger partial charge in [0.25, 0.3) is 5.91 Å². The van der Waals surface area contributed by atoms with Gasteiger partial charge in [0.15, 0.2) is 0 Å². The molecule has 2 aromatic rings. The highest BCUT2D eigenvalue weighted by Gasteiger charge is 2.05. The summed E-state index contributed by atoms with van der Waals surface area (Å²) in [5.41, 5.74) is 3.79. The fourth-order valence-electron chi connectivity index (χ4n) is 1.96. The van der Waals surface area contributed by atoms with Crippen molar-refractivity contribution in [2.24, 2.45) is 5.10 Å². The van der Waals surface area contributed by atoms with E-state index in [0.29, 0.717) is 11.3 Å². The number of carbonyl (C=O) groups excluding carboxylic acids is 1. The molecule has 23 heavy (non-hydrogen) atoms. The number of amides is 1. The van der Waals surface area contributed by atoms with Crippen molar-refractivity contribution in [3.8, 4) is 11.5 Å². The zero-order chi connectivity index (χ0) is 16.7. The molecule has 0 fully saturated rings. The number of hydrogen-bond acceptors (Lipinski definition) is 4. The van der Waals surface area contributed by atoms with Gasteiger partial charge in [-0.1, -0.05) is 12.1 Å². The number of rotatable bonds is 6. The van der Waals surface area contributed by atoms with Gasteiger partial charge in [0.05, 0.1) is 19.4 Å². The average molecular weight is 312 g/mol. The highest BCUT2D eigenvalue weighted by atomic mass is 16.5. The van der Waals surface area contributed by atoms with Crippen molar-refractivity contribution < 1.29 is 14.3 Å². The maximum absolute atomic E-state index is 12.0. The molecule has 0 heterocycles. The van der Waals surface area contributed by atoms with Crippen LogP contribution in [0.1, 0.15) is 29.8 Å². The van der Waals surface area contributed by atoms with Crippen LogP contribution in [0.3, 0.4) is 0 Å². The van der Waals surface area contributed by atoms with Gasteiger partial charge in [-0.2, -0.15) is 5.10 Å². The molecule has 0 spiro atoms. The maximum Gasteiger partial charge on any atom is 0.271 e. The van der Waals surface area contributed by atoms with Crippen LogP contribution < -0.4 is 14.9 Å². The molecule has 0 saturated heterocycles. The number of hydrogen-bond donors (Lipinski definition) is 1. The molecule has 0 unspecified atom stereocenters. The summed E-state index contributed by atoms with van der Waals surface area (Å²) in [5, 5.41) is 3.96. The van der Waals surface area contributed by atoms with Gasteiger partial charge in [0, 0.05) is 11.1 Å². The predicted molar refractivity (Wildman–Crippen MR) is 90.3 cm³/mol. The van der Waals surface area contributed by atoms with Crippen LogP contribution >= 0.6 is 0 Å². The number of ether oxygens (including phenoxy) is 2. The Labute approximate surface area is 135 Å². The van der Waals surface area contributed by atoms with E-state index in [4.69, 9.17) is 9.47 Å². The Morgan fingerprint density at radius 3 is 2.48 bits per heavy atom. The summed E-state index contributed by atoms with van der Waals surface area (Å²) in [5.74, 6) is 1.14. The Kier molecular flexibility index (Phi) is 5.74. The van der Waals surface area contributed by atoms with Crippen LogP contribution in [-0.4, -0.2) is 25.3 Å². The van der Waals surface area contributed by atoms with Crippen molar-refractivity contribution in [2.45, 2.75) is 20.0 Å². The molecule has 0 atom stereocenters. The molecule has 2 rings (SSSR count). The Hall–Kier alpha value is -2.82. The van der Waals surface area contributed by atoms with Gasteiger partial charge in [-0.25, -0.2) is 5.43 Å². The summed E-state index contributed by atoms with van der Waals surface area (Å²) in [7, 11) is 1.59. The molecule has 2 aromatic carbocycles. The summed E-state index contributed by atoms with van der Waals surface area (Å²) in [4.78, 5) is 12.0. The second-order valence-corrected chi connectivity index (χ2v) is 5.13. The standard InChI is InChI=1S/C18H20N2O3/c1-13(2)23-16-10-8-14(9-11-16)18(21)20-19-12-15-6-4-5-7-17(15)22-3/h4-13H,1-3H3,(H,20,21)/b19-12-. The van der Waals surface area contributed by atoms with Crippen LogP contribution in [0.5, 0.6) is 11.5 Å². The minimum absolute atomic E-state index is 0.0973. The molecule has 0 aliphatic heterocycles. The van der Waals surface area contributed by atoms with Crippen molar-refractivity contribution >= 4 is 12.1 Å². The fourth-order valence-corrected chi connectivity index (χ4v) is 1.96. The minimum Gasteiger partial charge on any atom is -0.496 e. The molecule has 120 valence electrons. The van der Waals surface area contributed by atoms with Gasteiger partial charge < -0.3 is 9.47 Å². The summed E-state index contributed by atoms with van der Waals surface area (Å²) < 4.78 is 10.8. The lowest BCUT2D eigenvalue weighted by molar-refractivity contribution is 0.0955. The number of nitrogens with zero attached hydrogens (tertiary/aromatic N) is 1. The summed E-state index contributed by atoms with van der Waals surface area (Å²) in [6, 6.07) is 14.4. The van der Waals surface area contributed by atoms with Crippen LogP contribution in [0, 0.1) is 0 Å². The number of methoxy groups -OCH3 is 1. The van der Waals surface area contributed by atoms with E-state index in [0.717, 1.165) is 11.3 Å². The van der Waals surface area contributed by atoms with Crippen LogP contribution in [0.25, 0.3) is 0 Å². The Balaban J connectivity index is 1.98. The van der Waals surface area contributed by atoms with E-state index < -0.39 is 0 Å². The first-order chi connectivity index (χ1) is 11.1. The normalized spacial score (nSPS) is 10.8. The lowest BCUT2D eigenvalue weighted by Crippen LogP contribution is -2.17. The van der Waals surface area contributed by atoms with E-state index in [1.54, 1.807) is 37.6 Å². The molecular weight excluding hydrogens is 292 g/mol. The van der Waals surface area contributed by atoms with E-state index in [-0.39, 0.29) is 12.0 Å². The number of hydrazone groups is 1. The van der Waals surface area contributed by atoms with Crippen molar-refractivity contribution in [2.75, 3.05) is 7.11 Å². The maximum atomic E-state index is 12.0. The molecule has 5 nitrogen and oxygen atoms in total. The van der Waals surface area contributed by atoms with Crippen LogP contribution in [0.4, 0.5) is 0 Å². The second-order valence-electron chi connectivity index (χ2n) is 5.13. The lowest BCUT2D eigenvalue weighted by atomic mass is 10.2. The van der Waals surface area contributed by atoms with Gasteiger partial charge in [-0.05, 0) is 50.2 Å². The first-order valence-electron chi connectivity index (χ1n) is 7.33. The Bertz CT molecular complexity index is 679. The quantitative estimate of drug-likeness (QED) is 0.658. The van der Waals surface area contributed by atoms with E-state index in [9.17, 15) is 4.79 Å². The molecule has 0 radical (unpaired) electrons. The van der Waals surface area contributed by atoms with Crippen molar-refractivity contribution in [3.63, 3.8) is 0 Å². The molecule has 0 aliphatic rings. The van der Waals surface area contributed by atoms with Crippen molar-refractivity contribution in [1.82, 2.24) is 5.43 Å². The third-order valence-corrected chi connectivity index (χ3v) is 3.00. The first kappa shape index (κ1) is 16.5. The molecule has 0 saturated carbocycles. The van der Waals surface area contributed by atoms with E-state index >= 15 is 0 Å². The Morgan fingerprint density at radius 2 is 1.83 bits per heavy atom. The zero-order valence-corrected chi connectivity index (χ0v) is 13.4. The molecule has 0 bridgehead atoms. The predicted octanol–water partition coefficient (Wildman–Crippen LogP) is 3.25. The molecule has 1 amide bonds. The largest absolute Gasteiger partial charge is 0.496 e. The van der Waals surface area contributed by atoms with E-state index in [2.05, 4.69) is 10.5 Å². The molecule has 0 aliphatic carbocycles. The average Bonchev–Trinajstić information content (AvgIpc) is 2.55. The van der Waals surface area contributed by atoms with E-state index in [1.807, 2.05) is 38.1 Å². The third-order valence-electron chi connectivity index (χ3n) is 3.00. The van der Waals surface area contributed by atoms with Gasteiger partial charge in [-0.15, -0.1) is 0 Å². The van der Waals surface area contributed by atoms with E-state index in [1.165, 1.54) is 0 Å². The Morgan fingerprint density at radius 1 is 1.13 bits per heavy atom. The van der Waals surface area contributed by atoms with Gasteiger partial charge in [-0.3, -0.25) is 4.79 Å². The van der Waals surface area contributed by atoms with Gasteiger partial charge in [0.1, 0.15) is 11.5 Å². The minimum atomic E-state index is -0.285. The number of benzene rings is 2. The van der Waals surface area contributed by atoms with Gasteiger partial charge >= 0.3 is 0 Å². The first-order valence-corrected chi connectivity index (χ1v) is 7.33. The van der Waals surface area contributed by atoms with Crippen LogP contribution in [0.15, 0.2) is 53.6 Å². The molecule has 5 heteroatoms. The van der Waals surface area contributed by atoms with Gasteiger partial charge in [0.2, 0.25) is 0 Å². The fraction of sp³-hybridized carbons (Fsp3) is 0.222. The van der Waals surface area contributed by atoms with Crippen molar-refractivity contribution in [1.29, 1.82) is 0 Å². The van der Waals surface area contributed by atoms with Crippen molar-refractivity contribution in [3.05, 3.63) is 59.7 Å². The highest BCUT2D eigenvalue weighted by Crippen LogP contribution is 2.15. The smallest absolute Gasteiger partial charge is 0.271 e. The number of nitrogens with one attached hydrogen (secondary N) is 1. The third kappa shape index (κ3) is 4.85. The highest BCUT2D eigenvalue weighted by molar-refractivity contribution is 5.95. The SMILES string of the molecule is COc1ccccc1/C=N\NC(=O)c1ccc(OC(C)C)cc1. The summed E-state index contributed by atoms with van der Waals surface area (Å²) >= 11 is 0. The lowest BCUT2D eigenvalue weighted by Gasteiger charge is -2.09. The molecular formula is C18H20N2O3.